The number of Topliss-reactive ketones (excluding diaryl/α,β-unsaturated/α-hetero) is 1. The molecule has 0 spiro atoms. The molecule has 0 aliphatic carbocycles. The Kier molecular flexibility index (Phi) is 5.51. The number of carboxylic acids is 1. The van der Waals surface area contributed by atoms with Crippen LogP contribution in [-0.2, 0) is 4.74 Å². The van der Waals surface area contributed by atoms with Crippen LogP contribution in [0.25, 0.3) is 0 Å². The molecule has 1 N–H and O–H groups in total. The molecule has 1 aromatic carbocycles. The second kappa shape index (κ2) is 6.89. The highest BCUT2D eigenvalue weighted by atomic mass is 35.5. The Morgan fingerprint density at radius 2 is 1.95 bits per heavy atom. The van der Waals surface area contributed by atoms with Gasteiger partial charge in [0.05, 0.1) is 17.7 Å². The number of ether oxygens (including phenoxy) is 1. The first kappa shape index (κ1) is 15.2. The fraction of sp³-hybridized carbons (Fsp3) is 0.308. The average molecular weight is 285 g/mol. The lowest BCUT2D eigenvalue weighted by molar-refractivity contribution is 0.0514. The summed E-state index contributed by atoms with van der Waals surface area (Å²) < 4.78 is 4.76. The number of halogens is 1. The van der Waals surface area contributed by atoms with Crippen molar-refractivity contribution in [1.29, 1.82) is 0 Å². The van der Waals surface area contributed by atoms with E-state index in [0.29, 0.717) is 0 Å². The third-order valence-electron chi connectivity index (χ3n) is 2.39. The molecule has 5 nitrogen and oxygen atoms in total. The normalized spacial score (nSPS) is 10.0. The van der Waals surface area contributed by atoms with Gasteiger partial charge in [0.15, 0.2) is 5.78 Å². The third-order valence-corrected chi connectivity index (χ3v) is 2.58. The zero-order chi connectivity index (χ0) is 14.4. The van der Waals surface area contributed by atoms with Crippen LogP contribution < -0.4 is 0 Å². The van der Waals surface area contributed by atoms with Gasteiger partial charge in [0.1, 0.15) is 0 Å². The number of aromatic carboxylic acids is 1. The molecule has 0 aromatic heterocycles. The van der Waals surface area contributed by atoms with E-state index in [0.717, 1.165) is 0 Å². The Bertz CT molecular complexity index is 510. The smallest absolute Gasteiger partial charge is 0.338 e. The van der Waals surface area contributed by atoms with Crippen molar-refractivity contribution in [2.24, 2.45) is 0 Å². The lowest BCUT2D eigenvalue weighted by Crippen LogP contribution is -2.13. The number of alkyl halides is 1. The van der Waals surface area contributed by atoms with Gasteiger partial charge in [0.25, 0.3) is 0 Å². The number of carbonyl (C=O) groups is 3. The van der Waals surface area contributed by atoms with E-state index in [1.165, 1.54) is 18.2 Å². The molecular formula is C13H13ClO5. The minimum Gasteiger partial charge on any atom is -0.478 e. The molecule has 0 radical (unpaired) electrons. The molecule has 0 bridgehead atoms. The summed E-state index contributed by atoms with van der Waals surface area (Å²) in [4.78, 5) is 34.3. The second-order valence-electron chi connectivity index (χ2n) is 3.65. The Hall–Kier alpha value is -1.88. The molecular weight excluding hydrogens is 272 g/mol. The zero-order valence-electron chi connectivity index (χ0n) is 10.3. The van der Waals surface area contributed by atoms with E-state index in [2.05, 4.69) is 0 Å². The molecule has 0 aliphatic heterocycles. The van der Waals surface area contributed by atoms with Gasteiger partial charge in [-0.2, -0.15) is 0 Å². The molecule has 6 heteroatoms. The van der Waals surface area contributed by atoms with Crippen molar-refractivity contribution >= 4 is 29.3 Å². The van der Waals surface area contributed by atoms with E-state index in [1.807, 2.05) is 0 Å². The van der Waals surface area contributed by atoms with E-state index in [-0.39, 0.29) is 41.4 Å². The number of hydrogen-bond donors (Lipinski definition) is 1. The maximum atomic E-state index is 11.6. The first-order chi connectivity index (χ1) is 9.01. The predicted molar refractivity (Wildman–Crippen MR) is 69.0 cm³/mol. The predicted octanol–water partition coefficient (Wildman–Crippen LogP) is 2.37. The summed E-state index contributed by atoms with van der Waals surface area (Å²) in [5.74, 6) is -2.13. The van der Waals surface area contributed by atoms with Gasteiger partial charge in [0, 0.05) is 17.9 Å². The van der Waals surface area contributed by atoms with Gasteiger partial charge >= 0.3 is 11.9 Å². The maximum Gasteiger partial charge on any atom is 0.338 e. The van der Waals surface area contributed by atoms with Gasteiger partial charge in [-0.1, -0.05) is 6.07 Å². The van der Waals surface area contributed by atoms with Gasteiger partial charge in [0.2, 0.25) is 0 Å². The molecule has 19 heavy (non-hydrogen) atoms. The van der Waals surface area contributed by atoms with E-state index < -0.39 is 11.9 Å². The average Bonchev–Trinajstić information content (AvgIpc) is 2.38. The van der Waals surface area contributed by atoms with E-state index >= 15 is 0 Å². The van der Waals surface area contributed by atoms with E-state index in [9.17, 15) is 14.4 Å². The highest BCUT2D eigenvalue weighted by molar-refractivity contribution is 6.19. The number of rotatable bonds is 6. The van der Waals surface area contributed by atoms with Crippen LogP contribution in [0.3, 0.4) is 0 Å². The molecule has 0 saturated carbocycles. The SMILES string of the molecule is CCOC(=O)c1ccc(C(=O)CCCl)cc1C(=O)O. The van der Waals surface area contributed by atoms with Crippen molar-refractivity contribution < 1.29 is 24.2 Å². The minimum absolute atomic E-state index is 0.0724. The van der Waals surface area contributed by atoms with Crippen molar-refractivity contribution in [3.05, 3.63) is 34.9 Å². The van der Waals surface area contributed by atoms with Gasteiger partial charge in [-0.25, -0.2) is 9.59 Å². The molecule has 102 valence electrons. The van der Waals surface area contributed by atoms with Gasteiger partial charge < -0.3 is 9.84 Å². The van der Waals surface area contributed by atoms with Crippen LogP contribution >= 0.6 is 11.6 Å². The molecule has 0 aliphatic rings. The van der Waals surface area contributed by atoms with Crippen molar-refractivity contribution in [3.63, 3.8) is 0 Å². The quantitative estimate of drug-likeness (QED) is 0.493. The molecule has 0 heterocycles. The van der Waals surface area contributed by atoms with Crippen LogP contribution in [0.4, 0.5) is 0 Å². The third kappa shape index (κ3) is 3.79. The highest BCUT2D eigenvalue weighted by Crippen LogP contribution is 2.15. The Labute approximate surface area is 115 Å². The Morgan fingerprint density at radius 3 is 2.47 bits per heavy atom. The fourth-order valence-electron chi connectivity index (χ4n) is 1.51. The molecule has 0 saturated heterocycles. The number of benzene rings is 1. The lowest BCUT2D eigenvalue weighted by Gasteiger charge is -2.07. The monoisotopic (exact) mass is 284 g/mol. The van der Waals surface area contributed by atoms with Gasteiger partial charge in [-0.05, 0) is 19.1 Å². The Morgan fingerprint density at radius 1 is 1.26 bits per heavy atom. The van der Waals surface area contributed by atoms with Crippen molar-refractivity contribution in [1.82, 2.24) is 0 Å². The van der Waals surface area contributed by atoms with Crippen LogP contribution in [-0.4, -0.2) is 35.3 Å². The van der Waals surface area contributed by atoms with Crippen LogP contribution in [0, 0.1) is 0 Å². The zero-order valence-corrected chi connectivity index (χ0v) is 11.1. The highest BCUT2D eigenvalue weighted by Gasteiger charge is 2.19. The number of ketones is 1. The standard InChI is InChI=1S/C13H13ClO5/c1-2-19-13(18)9-4-3-8(11(15)5-6-14)7-10(9)12(16)17/h3-4,7H,2,5-6H2,1H3,(H,16,17). The topological polar surface area (TPSA) is 80.7 Å². The van der Waals surface area contributed by atoms with Crippen molar-refractivity contribution in [2.45, 2.75) is 13.3 Å². The summed E-state index contributed by atoms with van der Waals surface area (Å²) in [6.45, 7) is 1.77. The summed E-state index contributed by atoms with van der Waals surface area (Å²) >= 11 is 5.46. The second-order valence-corrected chi connectivity index (χ2v) is 4.03. The lowest BCUT2D eigenvalue weighted by atomic mass is 10.0. The largest absolute Gasteiger partial charge is 0.478 e. The molecule has 0 atom stereocenters. The maximum absolute atomic E-state index is 11.6. The number of carbonyl (C=O) groups excluding carboxylic acids is 2. The number of hydrogen-bond acceptors (Lipinski definition) is 4. The molecule has 0 fully saturated rings. The van der Waals surface area contributed by atoms with E-state index in [4.69, 9.17) is 21.4 Å². The summed E-state index contributed by atoms with van der Waals surface area (Å²) in [7, 11) is 0. The number of esters is 1. The van der Waals surface area contributed by atoms with Crippen LogP contribution in [0.1, 0.15) is 44.4 Å². The van der Waals surface area contributed by atoms with Gasteiger partial charge in [-0.15, -0.1) is 11.6 Å². The molecule has 1 rings (SSSR count). The van der Waals surface area contributed by atoms with Gasteiger partial charge in [-0.3, -0.25) is 4.79 Å². The number of carboxylic acid groups (broad SMARTS) is 1. The van der Waals surface area contributed by atoms with Crippen molar-refractivity contribution in [3.8, 4) is 0 Å². The first-order valence-electron chi connectivity index (χ1n) is 5.64. The van der Waals surface area contributed by atoms with Crippen LogP contribution in [0.5, 0.6) is 0 Å². The van der Waals surface area contributed by atoms with Crippen LogP contribution in [0.15, 0.2) is 18.2 Å². The van der Waals surface area contributed by atoms with Crippen molar-refractivity contribution in [2.75, 3.05) is 12.5 Å². The minimum atomic E-state index is -1.29. The summed E-state index contributed by atoms with van der Waals surface area (Å²) in [5.41, 5.74) is -0.109. The Balaban J connectivity index is 3.18. The molecule has 0 amide bonds. The molecule has 0 unspecified atom stereocenters. The molecule has 1 aromatic rings. The van der Waals surface area contributed by atoms with Crippen LogP contribution in [0.2, 0.25) is 0 Å². The van der Waals surface area contributed by atoms with E-state index in [1.54, 1.807) is 6.92 Å². The summed E-state index contributed by atoms with van der Waals surface area (Å²) in [5, 5.41) is 9.07. The summed E-state index contributed by atoms with van der Waals surface area (Å²) in [6.07, 6.45) is 0.110. The first-order valence-corrected chi connectivity index (χ1v) is 6.18. The fourth-order valence-corrected chi connectivity index (χ4v) is 1.68. The summed E-state index contributed by atoms with van der Waals surface area (Å²) in [6, 6.07) is 3.85.